The summed E-state index contributed by atoms with van der Waals surface area (Å²) in [5.74, 6) is 1.28. The Morgan fingerprint density at radius 1 is 0.536 bits per heavy atom. The van der Waals surface area contributed by atoms with Crippen molar-refractivity contribution in [2.45, 2.75) is 0 Å². The first-order chi connectivity index (χ1) is 13.7. The molecule has 130 valence electrons. The van der Waals surface area contributed by atoms with Crippen LogP contribution in [-0.4, -0.2) is 0 Å². The molecule has 0 aliphatic rings. The van der Waals surface area contributed by atoms with E-state index in [-0.39, 0.29) is 33.8 Å². The minimum absolute atomic E-state index is 0.143. The Kier molecular flexibility index (Phi) is 5.19. The Bertz CT molecular complexity index is 1130. The summed E-state index contributed by atoms with van der Waals surface area (Å²) in [6.07, 6.45) is 0. The first-order valence-corrected chi connectivity index (χ1v) is 8.02. The molecule has 3 aromatic carbocycles. The fourth-order valence-electron chi connectivity index (χ4n) is 2.50. The van der Waals surface area contributed by atoms with Gasteiger partial charge < -0.3 is 9.47 Å². The number of hydrogen-bond acceptors (Lipinski definition) is 6. The zero-order chi connectivity index (χ0) is 19.9. The standard InChI is InChI=1S/C22H10N4O2/c23-11-15-4-1-8-21(19(15)13-25)27-17-6-3-7-18(10-17)28-22-9-2-5-16(12-24)20(22)14-26/h1-10H. The van der Waals surface area contributed by atoms with Gasteiger partial charge in [-0.1, -0.05) is 18.2 Å². The lowest BCUT2D eigenvalue weighted by molar-refractivity contribution is 0.458. The molecule has 0 bridgehead atoms. The number of hydrogen-bond donors (Lipinski definition) is 0. The minimum atomic E-state index is 0.143. The zero-order valence-corrected chi connectivity index (χ0v) is 14.4. The molecule has 28 heavy (non-hydrogen) atoms. The van der Waals surface area contributed by atoms with Gasteiger partial charge in [0.15, 0.2) is 0 Å². The maximum atomic E-state index is 9.30. The van der Waals surface area contributed by atoms with Crippen LogP contribution in [0.1, 0.15) is 22.3 Å². The number of benzene rings is 3. The van der Waals surface area contributed by atoms with Crippen molar-refractivity contribution in [3.63, 3.8) is 0 Å². The zero-order valence-electron chi connectivity index (χ0n) is 14.4. The lowest BCUT2D eigenvalue weighted by Crippen LogP contribution is -1.93. The van der Waals surface area contributed by atoms with Gasteiger partial charge in [-0.3, -0.25) is 0 Å². The molecule has 6 heteroatoms. The van der Waals surface area contributed by atoms with E-state index in [2.05, 4.69) is 0 Å². The molecule has 0 fully saturated rings. The molecular weight excluding hydrogens is 352 g/mol. The van der Waals surface area contributed by atoms with Gasteiger partial charge in [0, 0.05) is 6.07 Å². The summed E-state index contributed by atoms with van der Waals surface area (Å²) in [5.41, 5.74) is 0.730. The molecule has 0 atom stereocenters. The predicted molar refractivity (Wildman–Crippen MR) is 98.3 cm³/mol. The summed E-state index contributed by atoms with van der Waals surface area (Å²) in [6, 6.07) is 24.0. The highest BCUT2D eigenvalue weighted by Gasteiger charge is 2.12. The Labute approximate surface area is 161 Å². The Hall–Kier alpha value is -4.78. The first kappa shape index (κ1) is 18.0. The van der Waals surface area contributed by atoms with Gasteiger partial charge in [-0.15, -0.1) is 0 Å². The topological polar surface area (TPSA) is 114 Å². The second kappa shape index (κ2) is 8.07. The maximum Gasteiger partial charge on any atom is 0.146 e. The molecule has 0 radical (unpaired) electrons. The Balaban J connectivity index is 1.92. The summed E-state index contributed by atoms with van der Waals surface area (Å²) in [6.45, 7) is 0. The first-order valence-electron chi connectivity index (χ1n) is 8.02. The van der Waals surface area contributed by atoms with Crippen LogP contribution in [0.25, 0.3) is 0 Å². The Morgan fingerprint density at radius 3 is 1.36 bits per heavy atom. The molecule has 0 saturated carbocycles. The fourth-order valence-corrected chi connectivity index (χ4v) is 2.50. The van der Waals surface area contributed by atoms with E-state index in [1.807, 2.05) is 24.3 Å². The van der Waals surface area contributed by atoms with Crippen LogP contribution in [-0.2, 0) is 0 Å². The number of nitrogens with zero attached hydrogens (tertiary/aromatic N) is 4. The molecule has 0 aromatic heterocycles. The van der Waals surface area contributed by atoms with Crippen LogP contribution in [0.4, 0.5) is 0 Å². The molecule has 0 aliphatic heterocycles. The van der Waals surface area contributed by atoms with E-state index in [4.69, 9.17) is 20.0 Å². The van der Waals surface area contributed by atoms with Gasteiger partial charge in [-0.2, -0.15) is 21.0 Å². The molecule has 3 rings (SSSR count). The van der Waals surface area contributed by atoms with E-state index in [9.17, 15) is 10.5 Å². The highest BCUT2D eigenvalue weighted by Crippen LogP contribution is 2.32. The average molecular weight is 362 g/mol. The van der Waals surface area contributed by atoms with Crippen molar-refractivity contribution in [2.24, 2.45) is 0 Å². The third-order valence-corrected chi connectivity index (χ3v) is 3.78. The lowest BCUT2D eigenvalue weighted by atomic mass is 10.1. The summed E-state index contributed by atoms with van der Waals surface area (Å²) in [7, 11) is 0. The van der Waals surface area contributed by atoms with Crippen LogP contribution in [0, 0.1) is 45.3 Å². The van der Waals surface area contributed by atoms with Gasteiger partial charge in [0.05, 0.1) is 11.1 Å². The molecule has 0 heterocycles. The van der Waals surface area contributed by atoms with Crippen LogP contribution in [0.3, 0.4) is 0 Å². The molecule has 0 amide bonds. The SMILES string of the molecule is N#Cc1cccc(Oc2cccc(Oc3cccc(C#N)c3C#N)c2)c1C#N. The third-order valence-electron chi connectivity index (χ3n) is 3.78. The highest BCUT2D eigenvalue weighted by molar-refractivity contribution is 5.56. The van der Waals surface area contributed by atoms with E-state index in [1.165, 1.54) is 12.1 Å². The van der Waals surface area contributed by atoms with Crippen molar-refractivity contribution in [3.05, 3.63) is 82.9 Å². The molecular formula is C22H10N4O2. The van der Waals surface area contributed by atoms with Crippen molar-refractivity contribution in [2.75, 3.05) is 0 Å². The van der Waals surface area contributed by atoms with Gasteiger partial charge in [-0.05, 0) is 36.4 Å². The predicted octanol–water partition coefficient (Wildman–Crippen LogP) is 4.76. The molecule has 0 aliphatic carbocycles. The second-order valence-electron chi connectivity index (χ2n) is 5.48. The van der Waals surface area contributed by atoms with Crippen molar-refractivity contribution in [1.29, 1.82) is 21.0 Å². The summed E-state index contributed by atoms with van der Waals surface area (Å²) < 4.78 is 11.5. The minimum Gasteiger partial charge on any atom is -0.456 e. The monoisotopic (exact) mass is 362 g/mol. The van der Waals surface area contributed by atoms with E-state index in [1.54, 1.807) is 48.5 Å². The number of rotatable bonds is 4. The molecule has 3 aromatic rings. The molecule has 0 spiro atoms. The van der Waals surface area contributed by atoms with Gasteiger partial charge in [0.1, 0.15) is 58.4 Å². The van der Waals surface area contributed by atoms with E-state index >= 15 is 0 Å². The third kappa shape index (κ3) is 3.58. The lowest BCUT2D eigenvalue weighted by Gasteiger charge is -2.11. The normalized spacial score (nSPS) is 9.29. The quantitative estimate of drug-likeness (QED) is 0.661. The van der Waals surface area contributed by atoms with Crippen molar-refractivity contribution in [3.8, 4) is 47.3 Å². The van der Waals surface area contributed by atoms with E-state index in [0.29, 0.717) is 11.5 Å². The molecule has 0 unspecified atom stereocenters. The molecule has 6 nitrogen and oxygen atoms in total. The van der Waals surface area contributed by atoms with Crippen LogP contribution in [0.5, 0.6) is 23.0 Å². The van der Waals surface area contributed by atoms with Crippen molar-refractivity contribution < 1.29 is 9.47 Å². The van der Waals surface area contributed by atoms with Crippen LogP contribution >= 0.6 is 0 Å². The van der Waals surface area contributed by atoms with Crippen molar-refractivity contribution >= 4 is 0 Å². The Morgan fingerprint density at radius 2 is 0.964 bits per heavy atom. The average Bonchev–Trinajstić information content (AvgIpc) is 2.73. The smallest absolute Gasteiger partial charge is 0.146 e. The van der Waals surface area contributed by atoms with E-state index < -0.39 is 0 Å². The maximum absolute atomic E-state index is 9.30. The number of nitriles is 4. The molecule has 0 saturated heterocycles. The molecule has 0 N–H and O–H groups in total. The van der Waals surface area contributed by atoms with Gasteiger partial charge >= 0.3 is 0 Å². The van der Waals surface area contributed by atoms with Crippen LogP contribution in [0.2, 0.25) is 0 Å². The summed E-state index contributed by atoms with van der Waals surface area (Å²) in [4.78, 5) is 0. The van der Waals surface area contributed by atoms with E-state index in [0.717, 1.165) is 0 Å². The fraction of sp³-hybridized carbons (Fsp3) is 0. The second-order valence-corrected chi connectivity index (χ2v) is 5.48. The van der Waals surface area contributed by atoms with Gasteiger partial charge in [-0.25, -0.2) is 0 Å². The highest BCUT2D eigenvalue weighted by atomic mass is 16.5. The summed E-state index contributed by atoms with van der Waals surface area (Å²) in [5, 5.41) is 36.8. The largest absolute Gasteiger partial charge is 0.456 e. The van der Waals surface area contributed by atoms with Gasteiger partial charge in [0.2, 0.25) is 0 Å². The van der Waals surface area contributed by atoms with Crippen LogP contribution < -0.4 is 9.47 Å². The van der Waals surface area contributed by atoms with Gasteiger partial charge in [0.25, 0.3) is 0 Å². The van der Waals surface area contributed by atoms with Crippen LogP contribution in [0.15, 0.2) is 60.7 Å². The van der Waals surface area contributed by atoms with Crippen molar-refractivity contribution in [1.82, 2.24) is 0 Å². The summed E-state index contributed by atoms with van der Waals surface area (Å²) >= 11 is 0. The number of ether oxygens (including phenoxy) is 2.